The Hall–Kier alpha value is -0.530. The fourth-order valence-corrected chi connectivity index (χ4v) is 2.90. The predicted octanol–water partition coefficient (Wildman–Crippen LogP) is 5.92. The minimum Gasteiger partial charge on any atom is -0.247 e. The lowest BCUT2D eigenvalue weighted by atomic mass is 9.92. The molecular weight excluding hydrogens is 248 g/mol. The highest BCUT2D eigenvalue weighted by atomic mass is 16.4. The van der Waals surface area contributed by atoms with Crippen LogP contribution in [0, 0.1) is 11.8 Å². The maximum Gasteiger partial charge on any atom is 0.358 e. The summed E-state index contributed by atoms with van der Waals surface area (Å²) in [6.07, 6.45) is 14.4. The molecule has 2 atom stereocenters. The summed E-state index contributed by atoms with van der Waals surface area (Å²) in [5.74, 6) is -0.185. The topological polar surface area (TPSA) is 37.0 Å². The first-order valence-electron chi connectivity index (χ1n) is 8.86. The second-order valence-electron chi connectivity index (χ2n) is 6.19. The molecule has 0 spiro atoms. The molecule has 0 aliphatic carbocycles. The van der Waals surface area contributed by atoms with E-state index in [1.54, 1.807) is 0 Å². The first kappa shape index (κ1) is 19.5. The van der Waals surface area contributed by atoms with Gasteiger partial charge in [-0.15, -0.1) is 0 Å². The number of rotatable bonds is 14. The van der Waals surface area contributed by atoms with E-state index < -0.39 is 5.97 Å². The normalized spacial score (nSPS) is 14.2. The molecule has 0 aromatic carbocycles. The Morgan fingerprint density at radius 3 is 1.75 bits per heavy atom. The Labute approximate surface area is 126 Å². The first-order valence-corrected chi connectivity index (χ1v) is 8.86. The number of carbonyl (C=O) groups excluding carboxylic acids is 1. The largest absolute Gasteiger partial charge is 0.358 e. The summed E-state index contributed by atoms with van der Waals surface area (Å²) in [4.78, 5) is 10.8. The SMILES string of the molecule is CCCCCC(CC)CCCCCCC(CC)C([O])=O. The number of carbonyl (C=O) groups is 1. The summed E-state index contributed by atoms with van der Waals surface area (Å²) >= 11 is 0. The van der Waals surface area contributed by atoms with Crippen LogP contribution >= 0.6 is 0 Å². The molecule has 0 fully saturated rings. The van der Waals surface area contributed by atoms with Crippen LogP contribution in [0.5, 0.6) is 0 Å². The van der Waals surface area contributed by atoms with Gasteiger partial charge in [-0.25, -0.2) is 9.90 Å². The molecule has 2 nitrogen and oxygen atoms in total. The van der Waals surface area contributed by atoms with Gasteiger partial charge in [-0.05, 0) is 18.8 Å². The lowest BCUT2D eigenvalue weighted by Gasteiger charge is -2.14. The third-order valence-corrected chi connectivity index (χ3v) is 4.53. The van der Waals surface area contributed by atoms with Crippen molar-refractivity contribution in [3.63, 3.8) is 0 Å². The summed E-state index contributed by atoms with van der Waals surface area (Å²) in [5, 5.41) is 10.8. The number of hydrogen-bond donors (Lipinski definition) is 0. The third-order valence-electron chi connectivity index (χ3n) is 4.53. The highest BCUT2D eigenvalue weighted by Gasteiger charge is 2.15. The van der Waals surface area contributed by atoms with E-state index in [2.05, 4.69) is 13.8 Å². The van der Waals surface area contributed by atoms with Gasteiger partial charge in [-0.3, -0.25) is 0 Å². The molecule has 0 amide bonds. The predicted molar refractivity (Wildman–Crippen MR) is 85.1 cm³/mol. The maximum atomic E-state index is 10.8. The third kappa shape index (κ3) is 10.3. The zero-order valence-corrected chi connectivity index (χ0v) is 14.0. The van der Waals surface area contributed by atoms with Crippen molar-refractivity contribution in [3.05, 3.63) is 0 Å². The van der Waals surface area contributed by atoms with Crippen molar-refractivity contribution >= 4 is 5.97 Å². The molecular formula is C18H35O2. The van der Waals surface area contributed by atoms with Crippen molar-refractivity contribution in [2.75, 3.05) is 0 Å². The van der Waals surface area contributed by atoms with Crippen molar-refractivity contribution in [1.82, 2.24) is 0 Å². The van der Waals surface area contributed by atoms with Gasteiger partial charge in [0.25, 0.3) is 0 Å². The van der Waals surface area contributed by atoms with Crippen LogP contribution in [0.2, 0.25) is 0 Å². The fourth-order valence-electron chi connectivity index (χ4n) is 2.90. The van der Waals surface area contributed by atoms with E-state index in [-0.39, 0.29) is 5.92 Å². The monoisotopic (exact) mass is 283 g/mol. The Bertz CT molecular complexity index is 225. The van der Waals surface area contributed by atoms with Crippen LogP contribution in [0.1, 0.15) is 97.8 Å². The van der Waals surface area contributed by atoms with Gasteiger partial charge in [0.2, 0.25) is 0 Å². The van der Waals surface area contributed by atoms with Crippen LogP contribution in [-0.4, -0.2) is 5.97 Å². The van der Waals surface area contributed by atoms with Gasteiger partial charge in [0, 0.05) is 0 Å². The zero-order valence-electron chi connectivity index (χ0n) is 14.0. The Morgan fingerprint density at radius 1 is 0.750 bits per heavy atom. The van der Waals surface area contributed by atoms with Crippen LogP contribution < -0.4 is 0 Å². The van der Waals surface area contributed by atoms with Gasteiger partial charge in [0.15, 0.2) is 0 Å². The molecule has 0 rings (SSSR count). The van der Waals surface area contributed by atoms with Gasteiger partial charge >= 0.3 is 5.97 Å². The summed E-state index contributed by atoms with van der Waals surface area (Å²) in [7, 11) is 0. The van der Waals surface area contributed by atoms with Crippen LogP contribution in [-0.2, 0) is 9.90 Å². The van der Waals surface area contributed by atoms with E-state index >= 15 is 0 Å². The minimum absolute atomic E-state index is 0.229. The van der Waals surface area contributed by atoms with Crippen LogP contribution in [0.3, 0.4) is 0 Å². The molecule has 0 saturated carbocycles. The standard InChI is InChI=1S/C18H35O2/c1-4-7-10-13-16(5-2)14-11-8-9-12-15-17(6-3)18(19)20/h16-17H,4-15H2,1-3H3. The van der Waals surface area contributed by atoms with E-state index in [9.17, 15) is 9.90 Å². The average Bonchev–Trinajstić information content (AvgIpc) is 2.44. The summed E-state index contributed by atoms with van der Waals surface area (Å²) in [6, 6.07) is 0. The Kier molecular flexibility index (Phi) is 13.1. The van der Waals surface area contributed by atoms with Crippen LogP contribution in [0.4, 0.5) is 0 Å². The second-order valence-corrected chi connectivity index (χ2v) is 6.19. The molecule has 0 bridgehead atoms. The molecule has 2 heteroatoms. The molecule has 1 radical (unpaired) electrons. The number of hydrogen-bond acceptors (Lipinski definition) is 1. The van der Waals surface area contributed by atoms with Gasteiger partial charge < -0.3 is 0 Å². The molecule has 0 heterocycles. The molecule has 0 aliphatic rings. The first-order chi connectivity index (χ1) is 9.65. The summed E-state index contributed by atoms with van der Waals surface area (Å²) < 4.78 is 0. The summed E-state index contributed by atoms with van der Waals surface area (Å²) in [5.41, 5.74) is 0. The highest BCUT2D eigenvalue weighted by Crippen LogP contribution is 2.21. The molecule has 0 N–H and O–H groups in total. The smallest absolute Gasteiger partial charge is 0.247 e. The molecule has 0 aromatic heterocycles. The molecule has 20 heavy (non-hydrogen) atoms. The van der Waals surface area contributed by atoms with Gasteiger partial charge in [0.05, 0.1) is 5.92 Å². The second kappa shape index (κ2) is 13.5. The fraction of sp³-hybridized carbons (Fsp3) is 0.944. The van der Waals surface area contributed by atoms with Crippen molar-refractivity contribution in [3.8, 4) is 0 Å². The molecule has 0 aliphatic heterocycles. The highest BCUT2D eigenvalue weighted by molar-refractivity contribution is 5.69. The van der Waals surface area contributed by atoms with Gasteiger partial charge in [-0.2, -0.15) is 0 Å². The van der Waals surface area contributed by atoms with E-state index in [0.717, 1.165) is 18.8 Å². The maximum absolute atomic E-state index is 10.8. The minimum atomic E-state index is -0.866. The van der Waals surface area contributed by atoms with E-state index in [0.29, 0.717) is 6.42 Å². The van der Waals surface area contributed by atoms with Crippen LogP contribution in [0.25, 0.3) is 0 Å². The molecule has 0 saturated heterocycles. The van der Waals surface area contributed by atoms with E-state index in [4.69, 9.17) is 0 Å². The van der Waals surface area contributed by atoms with Crippen molar-refractivity contribution in [2.45, 2.75) is 97.8 Å². The van der Waals surface area contributed by atoms with Gasteiger partial charge in [-0.1, -0.05) is 85.0 Å². The van der Waals surface area contributed by atoms with Crippen LogP contribution in [0.15, 0.2) is 0 Å². The van der Waals surface area contributed by atoms with E-state index in [1.807, 2.05) is 6.92 Å². The summed E-state index contributed by atoms with van der Waals surface area (Å²) in [6.45, 7) is 6.50. The Balaban J connectivity index is 3.51. The molecule has 2 unspecified atom stereocenters. The Morgan fingerprint density at radius 2 is 1.30 bits per heavy atom. The average molecular weight is 283 g/mol. The van der Waals surface area contributed by atoms with Crippen molar-refractivity contribution in [2.24, 2.45) is 11.8 Å². The van der Waals surface area contributed by atoms with E-state index in [1.165, 1.54) is 57.8 Å². The van der Waals surface area contributed by atoms with Crippen molar-refractivity contribution in [1.29, 1.82) is 0 Å². The number of unbranched alkanes of at least 4 members (excludes halogenated alkanes) is 5. The molecule has 0 aromatic rings. The van der Waals surface area contributed by atoms with Crippen molar-refractivity contribution < 1.29 is 9.90 Å². The lowest BCUT2D eigenvalue weighted by molar-refractivity contribution is -0.148. The van der Waals surface area contributed by atoms with Gasteiger partial charge in [0.1, 0.15) is 0 Å². The quantitative estimate of drug-likeness (QED) is 0.365. The molecule has 119 valence electrons. The lowest BCUT2D eigenvalue weighted by Crippen LogP contribution is -2.10. The zero-order chi connectivity index (χ0) is 15.2.